The Bertz CT molecular complexity index is 468. The fourth-order valence-electron chi connectivity index (χ4n) is 1.25. The Balaban J connectivity index is 2.99. The van der Waals surface area contributed by atoms with E-state index in [2.05, 4.69) is 0 Å². The molecule has 1 N–H and O–H groups in total. The van der Waals surface area contributed by atoms with Crippen molar-refractivity contribution in [2.24, 2.45) is 0 Å². The van der Waals surface area contributed by atoms with Crippen molar-refractivity contribution < 1.29 is 13.5 Å². The molecule has 15 heavy (non-hydrogen) atoms. The van der Waals surface area contributed by atoms with Gasteiger partial charge in [0, 0.05) is 10.7 Å². The number of hydrogen-bond acceptors (Lipinski definition) is 3. The van der Waals surface area contributed by atoms with Gasteiger partial charge in [0.05, 0.1) is 10.8 Å². The van der Waals surface area contributed by atoms with Crippen molar-refractivity contribution in [2.75, 3.05) is 5.75 Å². The largest absolute Gasteiger partial charge is 0.506 e. The summed E-state index contributed by atoms with van der Waals surface area (Å²) < 4.78 is 21.5. The summed E-state index contributed by atoms with van der Waals surface area (Å²) in [5.74, 6) is -0.291. The van der Waals surface area contributed by atoms with Crippen LogP contribution in [0.15, 0.2) is 12.1 Å². The summed E-state index contributed by atoms with van der Waals surface area (Å²) in [5, 5.41) is 9.82. The third kappa shape index (κ3) is 3.55. The van der Waals surface area contributed by atoms with Gasteiger partial charge in [-0.05, 0) is 30.5 Å². The summed E-state index contributed by atoms with van der Waals surface area (Å²) in [5.41, 5.74) is 1.31. The summed E-state index contributed by atoms with van der Waals surface area (Å²) in [7, 11) is 1.53. The lowest BCUT2D eigenvalue weighted by atomic mass is 10.1. The molecule has 0 radical (unpaired) electrons. The first-order valence-corrected chi connectivity index (χ1v) is 7.06. The quantitative estimate of drug-likeness (QED) is 0.857. The first kappa shape index (κ1) is 12.6. The summed E-state index contributed by atoms with van der Waals surface area (Å²) in [4.78, 5) is 0. The maximum atomic E-state index is 10.8. The Morgan fingerprint density at radius 1 is 1.40 bits per heavy atom. The second kappa shape index (κ2) is 4.60. The van der Waals surface area contributed by atoms with Gasteiger partial charge in [0.15, 0.2) is 0 Å². The highest BCUT2D eigenvalue weighted by molar-refractivity contribution is 8.13. The SMILES string of the molecule is Cc1ccc(Cl)c(O)c1CCS(=O)(=O)Cl. The molecule has 0 saturated carbocycles. The Hall–Kier alpha value is -0.450. The molecular formula is C9H10Cl2O3S. The number of phenols is 1. The van der Waals surface area contributed by atoms with Gasteiger partial charge in [-0.2, -0.15) is 0 Å². The van der Waals surface area contributed by atoms with E-state index in [0.717, 1.165) is 5.56 Å². The van der Waals surface area contributed by atoms with Gasteiger partial charge in [0.1, 0.15) is 5.75 Å². The van der Waals surface area contributed by atoms with Gasteiger partial charge in [0.25, 0.3) is 0 Å². The summed E-state index contributed by atoms with van der Waals surface area (Å²) in [6, 6.07) is 3.28. The lowest BCUT2D eigenvalue weighted by Crippen LogP contribution is -2.03. The molecule has 0 atom stereocenters. The van der Waals surface area contributed by atoms with Gasteiger partial charge in [0.2, 0.25) is 9.05 Å². The number of aryl methyl sites for hydroxylation is 1. The lowest BCUT2D eigenvalue weighted by Gasteiger charge is -2.08. The van der Waals surface area contributed by atoms with Crippen LogP contribution in [0.3, 0.4) is 0 Å². The molecule has 6 heteroatoms. The first-order chi connectivity index (χ1) is 6.81. The number of hydrogen-bond donors (Lipinski definition) is 1. The molecule has 0 heterocycles. The molecule has 1 rings (SSSR count). The minimum Gasteiger partial charge on any atom is -0.506 e. The van der Waals surface area contributed by atoms with Crippen LogP contribution in [0.5, 0.6) is 5.75 Å². The molecule has 1 aromatic rings. The highest BCUT2D eigenvalue weighted by Crippen LogP contribution is 2.30. The molecule has 0 aromatic heterocycles. The number of aromatic hydroxyl groups is 1. The van der Waals surface area contributed by atoms with Gasteiger partial charge in [-0.25, -0.2) is 8.42 Å². The Morgan fingerprint density at radius 3 is 2.53 bits per heavy atom. The van der Waals surface area contributed by atoms with Gasteiger partial charge < -0.3 is 5.11 Å². The lowest BCUT2D eigenvalue weighted by molar-refractivity contribution is 0.468. The topological polar surface area (TPSA) is 54.4 Å². The zero-order chi connectivity index (χ0) is 11.6. The maximum absolute atomic E-state index is 10.8. The molecule has 0 saturated heterocycles. The molecule has 0 aliphatic rings. The van der Waals surface area contributed by atoms with Crippen molar-refractivity contribution in [3.05, 3.63) is 28.3 Å². The van der Waals surface area contributed by atoms with Crippen LogP contribution in [0.4, 0.5) is 0 Å². The average Bonchev–Trinajstić information content (AvgIpc) is 2.10. The van der Waals surface area contributed by atoms with E-state index < -0.39 is 9.05 Å². The summed E-state index contributed by atoms with van der Waals surface area (Å²) in [6.07, 6.45) is 0.157. The normalized spacial score (nSPS) is 11.7. The van der Waals surface area contributed by atoms with Crippen LogP contribution in [0, 0.1) is 6.92 Å². The molecule has 0 aliphatic carbocycles. The van der Waals surface area contributed by atoms with Gasteiger partial charge >= 0.3 is 0 Å². The molecule has 84 valence electrons. The second-order valence-corrected chi connectivity index (χ2v) is 6.49. The minimum absolute atomic E-state index is 0.0722. The van der Waals surface area contributed by atoms with Gasteiger partial charge in [-0.3, -0.25) is 0 Å². The van der Waals surface area contributed by atoms with Crippen molar-refractivity contribution in [3.63, 3.8) is 0 Å². The van der Waals surface area contributed by atoms with Crippen LogP contribution in [-0.2, 0) is 15.5 Å². The zero-order valence-electron chi connectivity index (χ0n) is 8.00. The third-order valence-electron chi connectivity index (χ3n) is 2.06. The molecule has 1 aromatic carbocycles. The van der Waals surface area contributed by atoms with E-state index in [1.165, 1.54) is 0 Å². The number of phenolic OH excluding ortho intramolecular Hbond substituents is 1. The standard InChI is InChI=1S/C9H10Cl2O3S/c1-6-2-3-8(10)9(12)7(6)4-5-15(11,13)14/h2-3,12H,4-5H2,1H3. The average molecular weight is 269 g/mol. The molecule has 0 spiro atoms. The van der Waals surface area contributed by atoms with Crippen molar-refractivity contribution >= 4 is 31.3 Å². The molecule has 0 amide bonds. The monoisotopic (exact) mass is 268 g/mol. The zero-order valence-corrected chi connectivity index (χ0v) is 10.3. The molecule has 0 bridgehead atoms. The van der Waals surface area contributed by atoms with E-state index in [1.54, 1.807) is 19.1 Å². The van der Waals surface area contributed by atoms with Crippen molar-refractivity contribution in [1.82, 2.24) is 0 Å². The van der Waals surface area contributed by atoms with Crippen LogP contribution < -0.4 is 0 Å². The number of benzene rings is 1. The number of halogens is 2. The first-order valence-electron chi connectivity index (χ1n) is 4.20. The van der Waals surface area contributed by atoms with Crippen molar-refractivity contribution in [2.45, 2.75) is 13.3 Å². The minimum atomic E-state index is -3.55. The van der Waals surface area contributed by atoms with E-state index in [4.69, 9.17) is 22.3 Å². The van der Waals surface area contributed by atoms with Crippen LogP contribution >= 0.6 is 22.3 Å². The molecule has 0 unspecified atom stereocenters. The van der Waals surface area contributed by atoms with E-state index in [0.29, 0.717) is 5.56 Å². The van der Waals surface area contributed by atoms with Gasteiger partial charge in [-0.15, -0.1) is 0 Å². The van der Waals surface area contributed by atoms with Crippen molar-refractivity contribution in [3.8, 4) is 5.75 Å². The summed E-state index contributed by atoms with van der Waals surface area (Å²) >= 11 is 5.70. The Labute approximate surface area is 98.1 Å². The molecule has 0 aliphatic heterocycles. The molecule has 0 fully saturated rings. The van der Waals surface area contributed by atoms with E-state index >= 15 is 0 Å². The van der Waals surface area contributed by atoms with Crippen LogP contribution in [0.25, 0.3) is 0 Å². The number of rotatable bonds is 3. The Kier molecular flexibility index (Phi) is 3.87. The van der Waals surface area contributed by atoms with E-state index in [-0.39, 0.29) is 22.9 Å². The Morgan fingerprint density at radius 2 is 2.00 bits per heavy atom. The third-order valence-corrected chi connectivity index (χ3v) is 3.52. The molecular weight excluding hydrogens is 259 g/mol. The van der Waals surface area contributed by atoms with Crippen molar-refractivity contribution in [1.29, 1.82) is 0 Å². The van der Waals surface area contributed by atoms with Crippen LogP contribution in [-0.4, -0.2) is 19.3 Å². The summed E-state index contributed by atoms with van der Waals surface area (Å²) in [6.45, 7) is 1.77. The second-order valence-electron chi connectivity index (χ2n) is 3.18. The molecule has 3 nitrogen and oxygen atoms in total. The van der Waals surface area contributed by atoms with Crippen LogP contribution in [0.2, 0.25) is 5.02 Å². The highest BCUT2D eigenvalue weighted by atomic mass is 35.7. The van der Waals surface area contributed by atoms with E-state index in [1.807, 2.05) is 0 Å². The highest BCUT2D eigenvalue weighted by Gasteiger charge is 2.12. The van der Waals surface area contributed by atoms with Gasteiger partial charge in [-0.1, -0.05) is 17.7 Å². The smallest absolute Gasteiger partial charge is 0.232 e. The predicted octanol–water partition coefficient (Wildman–Crippen LogP) is 2.47. The predicted molar refractivity (Wildman–Crippen MR) is 61.2 cm³/mol. The fourth-order valence-corrected chi connectivity index (χ4v) is 2.10. The van der Waals surface area contributed by atoms with E-state index in [9.17, 15) is 13.5 Å². The maximum Gasteiger partial charge on any atom is 0.232 e. The van der Waals surface area contributed by atoms with Crippen LogP contribution in [0.1, 0.15) is 11.1 Å². The fraction of sp³-hybridized carbons (Fsp3) is 0.333.